The minimum absolute atomic E-state index is 0.132. The van der Waals surface area contributed by atoms with Gasteiger partial charge >= 0.3 is 0 Å². The van der Waals surface area contributed by atoms with Gasteiger partial charge in [-0.1, -0.05) is 0 Å². The van der Waals surface area contributed by atoms with Crippen LogP contribution in [0.15, 0.2) is 12.4 Å². The molecule has 0 aliphatic carbocycles. The summed E-state index contributed by atoms with van der Waals surface area (Å²) >= 11 is 0. The van der Waals surface area contributed by atoms with Crippen LogP contribution >= 0.6 is 0 Å². The number of carbonyl (C=O) groups excluding carboxylic acids is 1. The molecule has 2 atom stereocenters. The van der Waals surface area contributed by atoms with Crippen molar-refractivity contribution in [3.05, 3.63) is 12.4 Å². The summed E-state index contributed by atoms with van der Waals surface area (Å²) < 4.78 is 0. The van der Waals surface area contributed by atoms with Gasteiger partial charge in [0.25, 0.3) is 0 Å². The molecule has 0 saturated carbocycles. The van der Waals surface area contributed by atoms with Crippen molar-refractivity contribution in [3.8, 4) is 0 Å². The lowest BCUT2D eigenvalue weighted by Crippen LogP contribution is -2.46. The SMILES string of the molecule is CC1CCC(C(N)=O)CN1c1nccnc1N. The van der Waals surface area contributed by atoms with Crippen LogP contribution in [0.3, 0.4) is 0 Å². The molecule has 2 unspecified atom stereocenters. The summed E-state index contributed by atoms with van der Waals surface area (Å²) in [5, 5.41) is 0. The number of rotatable bonds is 2. The number of carbonyl (C=O) groups is 1. The van der Waals surface area contributed by atoms with E-state index in [4.69, 9.17) is 11.5 Å². The minimum Gasteiger partial charge on any atom is -0.381 e. The Morgan fingerprint density at radius 1 is 1.41 bits per heavy atom. The maximum atomic E-state index is 11.3. The van der Waals surface area contributed by atoms with E-state index in [2.05, 4.69) is 16.9 Å². The normalized spacial score (nSPS) is 24.6. The molecule has 2 rings (SSSR count). The van der Waals surface area contributed by atoms with E-state index >= 15 is 0 Å². The maximum Gasteiger partial charge on any atom is 0.222 e. The van der Waals surface area contributed by atoms with Crippen molar-refractivity contribution in [2.24, 2.45) is 11.7 Å². The summed E-state index contributed by atoms with van der Waals surface area (Å²) in [4.78, 5) is 21.5. The van der Waals surface area contributed by atoms with Crippen molar-refractivity contribution < 1.29 is 4.79 Å². The Bertz CT molecular complexity index is 422. The fraction of sp³-hybridized carbons (Fsp3) is 0.545. The molecule has 2 heterocycles. The fourth-order valence-electron chi connectivity index (χ4n) is 2.20. The van der Waals surface area contributed by atoms with E-state index in [-0.39, 0.29) is 11.8 Å². The number of piperidine rings is 1. The molecule has 0 radical (unpaired) electrons. The average molecular weight is 235 g/mol. The van der Waals surface area contributed by atoms with Gasteiger partial charge in [-0.05, 0) is 19.8 Å². The van der Waals surface area contributed by atoms with E-state index < -0.39 is 0 Å². The van der Waals surface area contributed by atoms with Gasteiger partial charge in [0.15, 0.2) is 11.6 Å². The highest BCUT2D eigenvalue weighted by atomic mass is 16.1. The molecular formula is C11H17N5O. The molecule has 1 aliphatic rings. The smallest absolute Gasteiger partial charge is 0.222 e. The van der Waals surface area contributed by atoms with E-state index in [1.165, 1.54) is 0 Å². The van der Waals surface area contributed by atoms with Crippen LogP contribution in [0.25, 0.3) is 0 Å². The van der Waals surface area contributed by atoms with Crippen LogP contribution in [-0.4, -0.2) is 28.5 Å². The summed E-state index contributed by atoms with van der Waals surface area (Å²) in [7, 11) is 0. The number of hydrogen-bond donors (Lipinski definition) is 2. The molecule has 4 N–H and O–H groups in total. The number of nitrogens with two attached hydrogens (primary N) is 2. The first-order chi connectivity index (χ1) is 8.09. The topological polar surface area (TPSA) is 98.1 Å². The van der Waals surface area contributed by atoms with Crippen molar-refractivity contribution in [2.75, 3.05) is 17.2 Å². The maximum absolute atomic E-state index is 11.3. The highest BCUT2D eigenvalue weighted by molar-refractivity contribution is 5.78. The Morgan fingerprint density at radius 2 is 2.12 bits per heavy atom. The molecule has 6 heteroatoms. The van der Waals surface area contributed by atoms with Gasteiger partial charge in [0.05, 0.1) is 5.92 Å². The average Bonchev–Trinajstić information content (AvgIpc) is 2.30. The number of primary amides is 1. The first-order valence-corrected chi connectivity index (χ1v) is 5.72. The van der Waals surface area contributed by atoms with Crippen molar-refractivity contribution >= 4 is 17.5 Å². The van der Waals surface area contributed by atoms with Gasteiger partial charge in [-0.15, -0.1) is 0 Å². The van der Waals surface area contributed by atoms with Crippen molar-refractivity contribution in [1.29, 1.82) is 0 Å². The predicted molar refractivity (Wildman–Crippen MR) is 65.2 cm³/mol. The lowest BCUT2D eigenvalue weighted by molar-refractivity contribution is -0.122. The van der Waals surface area contributed by atoms with Gasteiger partial charge in [-0.3, -0.25) is 4.79 Å². The molecule has 1 aliphatic heterocycles. The predicted octanol–water partition coefficient (Wildman–Crippen LogP) is 0.149. The molecule has 1 saturated heterocycles. The third kappa shape index (κ3) is 2.30. The zero-order valence-electron chi connectivity index (χ0n) is 9.84. The van der Waals surface area contributed by atoms with Gasteiger partial charge in [-0.2, -0.15) is 0 Å². The van der Waals surface area contributed by atoms with Crippen LogP contribution in [0.2, 0.25) is 0 Å². The largest absolute Gasteiger partial charge is 0.381 e. The Labute approximate surface area is 100 Å². The molecule has 0 spiro atoms. The Morgan fingerprint density at radius 3 is 2.76 bits per heavy atom. The minimum atomic E-state index is -0.260. The Hall–Kier alpha value is -1.85. The van der Waals surface area contributed by atoms with E-state index in [9.17, 15) is 4.79 Å². The molecule has 1 fully saturated rings. The standard InChI is InChI=1S/C11H17N5O/c1-7-2-3-8(10(13)17)6-16(7)11-9(12)14-4-5-15-11/h4-5,7-8H,2-3,6H2,1H3,(H2,12,14)(H2,13,17). The van der Waals surface area contributed by atoms with Crippen LogP contribution in [0, 0.1) is 5.92 Å². The van der Waals surface area contributed by atoms with Crippen molar-refractivity contribution in [1.82, 2.24) is 9.97 Å². The first-order valence-electron chi connectivity index (χ1n) is 5.72. The molecule has 17 heavy (non-hydrogen) atoms. The quantitative estimate of drug-likeness (QED) is 0.760. The molecule has 0 aromatic carbocycles. The van der Waals surface area contributed by atoms with Crippen molar-refractivity contribution in [2.45, 2.75) is 25.8 Å². The molecule has 6 nitrogen and oxygen atoms in total. The lowest BCUT2D eigenvalue weighted by Gasteiger charge is -2.37. The number of nitrogen functional groups attached to an aromatic ring is 1. The van der Waals surface area contributed by atoms with Gasteiger partial charge in [-0.25, -0.2) is 9.97 Å². The summed E-state index contributed by atoms with van der Waals surface area (Å²) in [5.41, 5.74) is 11.2. The molecule has 92 valence electrons. The fourth-order valence-corrected chi connectivity index (χ4v) is 2.20. The van der Waals surface area contributed by atoms with Crippen LogP contribution in [-0.2, 0) is 4.79 Å². The highest BCUT2D eigenvalue weighted by Gasteiger charge is 2.30. The molecule has 0 bridgehead atoms. The Kier molecular flexibility index (Phi) is 3.12. The first kappa shape index (κ1) is 11.6. The second-order valence-electron chi connectivity index (χ2n) is 4.44. The summed E-state index contributed by atoms with van der Waals surface area (Å²) in [6.07, 6.45) is 4.89. The van der Waals surface area contributed by atoms with Crippen LogP contribution in [0.5, 0.6) is 0 Å². The van der Waals surface area contributed by atoms with Crippen LogP contribution in [0.1, 0.15) is 19.8 Å². The zero-order valence-corrected chi connectivity index (χ0v) is 9.84. The molecular weight excluding hydrogens is 218 g/mol. The van der Waals surface area contributed by atoms with Crippen LogP contribution < -0.4 is 16.4 Å². The Balaban J connectivity index is 2.24. The van der Waals surface area contributed by atoms with Gasteiger partial charge in [0.1, 0.15) is 0 Å². The third-order valence-corrected chi connectivity index (χ3v) is 3.26. The van der Waals surface area contributed by atoms with Gasteiger partial charge < -0.3 is 16.4 Å². The molecule has 1 amide bonds. The summed E-state index contributed by atoms with van der Waals surface area (Å²) in [6, 6.07) is 0.296. The summed E-state index contributed by atoms with van der Waals surface area (Å²) in [5.74, 6) is 0.646. The number of hydrogen-bond acceptors (Lipinski definition) is 5. The second kappa shape index (κ2) is 4.57. The zero-order chi connectivity index (χ0) is 12.4. The number of aromatic nitrogens is 2. The highest BCUT2D eigenvalue weighted by Crippen LogP contribution is 2.28. The van der Waals surface area contributed by atoms with E-state index in [1.807, 2.05) is 4.90 Å². The number of nitrogens with zero attached hydrogens (tertiary/aromatic N) is 3. The lowest BCUT2D eigenvalue weighted by atomic mass is 9.93. The molecule has 1 aromatic heterocycles. The van der Waals surface area contributed by atoms with Gasteiger partial charge in [0.2, 0.25) is 5.91 Å². The summed E-state index contributed by atoms with van der Waals surface area (Å²) in [6.45, 7) is 2.66. The molecule has 1 aromatic rings. The van der Waals surface area contributed by atoms with Gasteiger partial charge in [0, 0.05) is 25.0 Å². The van der Waals surface area contributed by atoms with Crippen molar-refractivity contribution in [3.63, 3.8) is 0 Å². The second-order valence-corrected chi connectivity index (χ2v) is 4.44. The number of amides is 1. The van der Waals surface area contributed by atoms with E-state index in [1.54, 1.807) is 12.4 Å². The number of anilines is 2. The monoisotopic (exact) mass is 235 g/mol. The van der Waals surface area contributed by atoms with E-state index in [0.29, 0.717) is 24.2 Å². The third-order valence-electron chi connectivity index (χ3n) is 3.26. The van der Waals surface area contributed by atoms with E-state index in [0.717, 1.165) is 12.8 Å². The van der Waals surface area contributed by atoms with Crippen LogP contribution in [0.4, 0.5) is 11.6 Å².